The van der Waals surface area contributed by atoms with Crippen molar-refractivity contribution in [2.75, 3.05) is 20.1 Å². The highest BCUT2D eigenvalue weighted by Crippen LogP contribution is 2.31. The Kier molecular flexibility index (Phi) is 4.92. The molecule has 0 heterocycles. The number of rotatable bonds is 7. The van der Waals surface area contributed by atoms with Gasteiger partial charge in [0.2, 0.25) is 0 Å². The normalized spacial score (nSPS) is 16.8. The molecule has 0 aromatic heterocycles. The van der Waals surface area contributed by atoms with Crippen molar-refractivity contribution in [2.45, 2.75) is 39.2 Å². The zero-order valence-electron chi connectivity index (χ0n) is 10.8. The van der Waals surface area contributed by atoms with Gasteiger partial charge in [0.1, 0.15) is 0 Å². The Bertz CT molecular complexity index is 382. The molecule has 1 aliphatic carbocycles. The Morgan fingerprint density at radius 3 is 2.41 bits per heavy atom. The summed E-state index contributed by atoms with van der Waals surface area (Å²) in [7, 11) is -1.82. The lowest BCUT2D eigenvalue weighted by molar-refractivity contribution is 0.330. The molecule has 0 aromatic carbocycles. The number of nitriles is 1. The highest BCUT2D eigenvalue weighted by molar-refractivity contribution is 7.86. The van der Waals surface area contributed by atoms with E-state index in [0.29, 0.717) is 19.0 Å². The Morgan fingerprint density at radius 2 is 2.00 bits per heavy atom. The zero-order valence-corrected chi connectivity index (χ0v) is 11.6. The van der Waals surface area contributed by atoms with Crippen LogP contribution in [-0.4, -0.2) is 43.2 Å². The summed E-state index contributed by atoms with van der Waals surface area (Å²) in [6.45, 7) is 4.54. The van der Waals surface area contributed by atoms with E-state index < -0.39 is 10.2 Å². The van der Waals surface area contributed by atoms with Crippen LogP contribution in [0.5, 0.6) is 0 Å². The molecule has 1 saturated carbocycles. The Labute approximate surface area is 104 Å². The summed E-state index contributed by atoms with van der Waals surface area (Å²) >= 11 is 0. The molecule has 0 radical (unpaired) electrons. The molecule has 0 saturated heterocycles. The number of nitrogens with zero attached hydrogens (tertiary/aromatic N) is 3. The minimum Gasteiger partial charge on any atom is -0.198 e. The van der Waals surface area contributed by atoms with Crippen LogP contribution in [0.2, 0.25) is 0 Å². The standard InChI is InChI=1S/C11H21N3O2S/c1-10(2)13(3)17(15,16)14(8-4-7-12)9-11-5-6-11/h10-11H,4-6,8-9H2,1-3H3. The first-order valence-corrected chi connectivity index (χ1v) is 7.39. The van der Waals surface area contributed by atoms with Crippen LogP contribution in [0.4, 0.5) is 0 Å². The van der Waals surface area contributed by atoms with Crippen LogP contribution < -0.4 is 0 Å². The van der Waals surface area contributed by atoms with Crippen molar-refractivity contribution < 1.29 is 8.42 Å². The summed E-state index contributed by atoms with van der Waals surface area (Å²) < 4.78 is 27.4. The lowest BCUT2D eigenvalue weighted by atomic mass is 10.4. The minimum absolute atomic E-state index is 0.0659. The molecule has 0 aromatic rings. The average Bonchev–Trinajstić information content (AvgIpc) is 3.06. The zero-order chi connectivity index (χ0) is 13.1. The van der Waals surface area contributed by atoms with Crippen LogP contribution in [0.1, 0.15) is 33.1 Å². The Balaban J connectivity index is 2.75. The van der Waals surface area contributed by atoms with Crippen molar-refractivity contribution in [1.29, 1.82) is 5.26 Å². The SMILES string of the molecule is CC(C)N(C)S(=O)(=O)N(CCC#N)CC1CC1. The lowest BCUT2D eigenvalue weighted by Crippen LogP contribution is -2.45. The van der Waals surface area contributed by atoms with Gasteiger partial charge in [-0.05, 0) is 32.6 Å². The first-order chi connectivity index (χ1) is 7.89. The van der Waals surface area contributed by atoms with Gasteiger partial charge in [0, 0.05) is 32.6 Å². The van der Waals surface area contributed by atoms with Crippen LogP contribution in [0, 0.1) is 17.2 Å². The third-order valence-electron chi connectivity index (χ3n) is 3.05. The summed E-state index contributed by atoms with van der Waals surface area (Å²) in [4.78, 5) is 0. The molecule has 0 aliphatic heterocycles. The summed E-state index contributed by atoms with van der Waals surface area (Å²) in [5.74, 6) is 0.490. The van der Waals surface area contributed by atoms with Gasteiger partial charge >= 0.3 is 0 Å². The fraction of sp³-hybridized carbons (Fsp3) is 0.909. The highest BCUT2D eigenvalue weighted by Gasteiger charge is 2.33. The molecule has 1 fully saturated rings. The highest BCUT2D eigenvalue weighted by atomic mass is 32.2. The van der Waals surface area contributed by atoms with Crippen LogP contribution in [0.3, 0.4) is 0 Å². The van der Waals surface area contributed by atoms with E-state index in [2.05, 4.69) is 0 Å². The van der Waals surface area contributed by atoms with Gasteiger partial charge in [-0.15, -0.1) is 0 Å². The van der Waals surface area contributed by atoms with Crippen molar-refractivity contribution in [3.63, 3.8) is 0 Å². The van der Waals surface area contributed by atoms with Crippen molar-refractivity contribution >= 4 is 10.2 Å². The van der Waals surface area contributed by atoms with Gasteiger partial charge in [-0.2, -0.15) is 22.3 Å². The number of hydrogen-bond acceptors (Lipinski definition) is 3. The summed E-state index contributed by atoms with van der Waals surface area (Å²) in [5, 5.41) is 8.59. The Hall–Kier alpha value is -0.640. The van der Waals surface area contributed by atoms with E-state index >= 15 is 0 Å². The maximum atomic E-state index is 12.3. The molecule has 6 heteroatoms. The average molecular weight is 259 g/mol. The first kappa shape index (κ1) is 14.4. The molecule has 0 N–H and O–H groups in total. The molecule has 0 atom stereocenters. The molecule has 0 amide bonds. The topological polar surface area (TPSA) is 64.4 Å². The summed E-state index contributed by atoms with van der Waals surface area (Å²) in [6, 6.07) is 1.94. The van der Waals surface area contributed by atoms with E-state index in [1.807, 2.05) is 19.9 Å². The van der Waals surface area contributed by atoms with Gasteiger partial charge in [0.05, 0.1) is 6.07 Å². The molecule has 1 rings (SSSR count). The molecular weight excluding hydrogens is 238 g/mol. The van der Waals surface area contributed by atoms with Gasteiger partial charge in [-0.3, -0.25) is 0 Å². The van der Waals surface area contributed by atoms with Crippen molar-refractivity contribution in [3.05, 3.63) is 0 Å². The van der Waals surface area contributed by atoms with E-state index in [1.54, 1.807) is 7.05 Å². The van der Waals surface area contributed by atoms with Crippen LogP contribution in [-0.2, 0) is 10.2 Å². The summed E-state index contributed by atoms with van der Waals surface area (Å²) in [5.41, 5.74) is 0. The molecular formula is C11H21N3O2S. The van der Waals surface area contributed by atoms with E-state index in [4.69, 9.17) is 5.26 Å². The first-order valence-electron chi connectivity index (χ1n) is 5.99. The number of hydrogen-bond donors (Lipinski definition) is 0. The van der Waals surface area contributed by atoms with Crippen LogP contribution >= 0.6 is 0 Å². The van der Waals surface area contributed by atoms with Crippen molar-refractivity contribution in [1.82, 2.24) is 8.61 Å². The molecule has 17 heavy (non-hydrogen) atoms. The van der Waals surface area contributed by atoms with Gasteiger partial charge in [0.15, 0.2) is 0 Å². The fourth-order valence-electron chi connectivity index (χ4n) is 1.51. The second kappa shape index (κ2) is 5.80. The van der Waals surface area contributed by atoms with E-state index in [-0.39, 0.29) is 12.5 Å². The largest absolute Gasteiger partial charge is 0.281 e. The van der Waals surface area contributed by atoms with Gasteiger partial charge in [0.25, 0.3) is 10.2 Å². The molecule has 0 unspecified atom stereocenters. The fourth-order valence-corrected chi connectivity index (χ4v) is 3.13. The van der Waals surface area contributed by atoms with Gasteiger partial charge in [-0.1, -0.05) is 0 Å². The minimum atomic E-state index is -3.41. The maximum Gasteiger partial charge on any atom is 0.281 e. The predicted octanol–water partition coefficient (Wildman–Crippen LogP) is 1.20. The van der Waals surface area contributed by atoms with Crippen molar-refractivity contribution in [2.24, 2.45) is 5.92 Å². The van der Waals surface area contributed by atoms with Crippen LogP contribution in [0.15, 0.2) is 0 Å². The quantitative estimate of drug-likeness (QED) is 0.690. The van der Waals surface area contributed by atoms with Crippen molar-refractivity contribution in [3.8, 4) is 6.07 Å². The molecule has 5 nitrogen and oxygen atoms in total. The molecule has 0 spiro atoms. The molecule has 98 valence electrons. The Morgan fingerprint density at radius 1 is 1.41 bits per heavy atom. The van der Waals surface area contributed by atoms with E-state index in [9.17, 15) is 8.42 Å². The third kappa shape index (κ3) is 3.95. The second-order valence-corrected chi connectivity index (χ2v) is 6.82. The lowest BCUT2D eigenvalue weighted by Gasteiger charge is -2.29. The smallest absolute Gasteiger partial charge is 0.198 e. The second-order valence-electron chi connectivity index (χ2n) is 4.83. The predicted molar refractivity (Wildman–Crippen MR) is 66.3 cm³/mol. The third-order valence-corrected chi connectivity index (χ3v) is 5.18. The van der Waals surface area contributed by atoms with Gasteiger partial charge in [-0.25, -0.2) is 0 Å². The van der Waals surface area contributed by atoms with Gasteiger partial charge < -0.3 is 0 Å². The van der Waals surface area contributed by atoms with Crippen LogP contribution in [0.25, 0.3) is 0 Å². The summed E-state index contributed by atoms with van der Waals surface area (Å²) in [6.07, 6.45) is 2.45. The van der Waals surface area contributed by atoms with E-state index in [1.165, 1.54) is 8.61 Å². The molecule has 0 bridgehead atoms. The monoisotopic (exact) mass is 259 g/mol. The van der Waals surface area contributed by atoms with E-state index in [0.717, 1.165) is 12.8 Å². The maximum absolute atomic E-state index is 12.3. The molecule has 1 aliphatic rings.